The van der Waals surface area contributed by atoms with Crippen LogP contribution in [0.15, 0.2) is 66.7 Å². The van der Waals surface area contributed by atoms with Gasteiger partial charge in [-0.15, -0.1) is 0 Å². The first-order chi connectivity index (χ1) is 27.2. The minimum atomic E-state index is -0.909. The number of piperazine rings is 1. The number of aromatic nitrogens is 5. The number of carboxylic acid groups (broad SMARTS) is 1. The first-order valence-electron chi connectivity index (χ1n) is 18.0. The summed E-state index contributed by atoms with van der Waals surface area (Å²) in [5, 5.41) is 31.1. The maximum atomic E-state index is 13.8. The third-order valence-corrected chi connectivity index (χ3v) is 8.90. The van der Waals surface area contributed by atoms with E-state index in [0.29, 0.717) is 80.7 Å². The van der Waals surface area contributed by atoms with Crippen LogP contribution in [0, 0.1) is 17.1 Å². The Bertz CT molecular complexity index is 2140. The summed E-state index contributed by atoms with van der Waals surface area (Å²) in [5.41, 5.74) is 4.17. The number of rotatable bonds is 18. The van der Waals surface area contributed by atoms with E-state index in [4.69, 9.17) is 9.47 Å². The summed E-state index contributed by atoms with van der Waals surface area (Å²) in [4.78, 5) is 50.0. The minimum absolute atomic E-state index is 0.106. The van der Waals surface area contributed by atoms with Crippen LogP contribution in [0.5, 0.6) is 0 Å². The fourth-order valence-corrected chi connectivity index (χ4v) is 6.02. The molecule has 292 valence electrons. The second kappa shape index (κ2) is 19.3. The Morgan fingerprint density at radius 1 is 0.946 bits per heavy atom. The molecule has 0 aliphatic carbocycles. The van der Waals surface area contributed by atoms with Gasteiger partial charge in [0.05, 0.1) is 49.0 Å². The van der Waals surface area contributed by atoms with Crippen LogP contribution in [0.1, 0.15) is 22.5 Å². The Kier molecular flexibility index (Phi) is 13.5. The number of amides is 2. The van der Waals surface area contributed by atoms with Crippen molar-refractivity contribution in [1.29, 1.82) is 5.26 Å². The van der Waals surface area contributed by atoms with Crippen LogP contribution in [0.25, 0.3) is 11.0 Å². The predicted octanol–water partition coefficient (Wildman–Crippen LogP) is 3.71. The molecule has 1 atom stereocenters. The molecule has 3 aromatic carbocycles. The van der Waals surface area contributed by atoms with Crippen molar-refractivity contribution in [3.63, 3.8) is 0 Å². The quantitative estimate of drug-likeness (QED) is 0.0701. The van der Waals surface area contributed by atoms with Gasteiger partial charge in [-0.05, 0) is 47.5 Å². The molecule has 2 aromatic heterocycles. The zero-order valence-electron chi connectivity index (χ0n) is 30.8. The van der Waals surface area contributed by atoms with Gasteiger partial charge in [-0.1, -0.05) is 24.3 Å². The molecule has 17 nitrogen and oxygen atoms in total. The molecule has 6 N–H and O–H groups in total. The van der Waals surface area contributed by atoms with Gasteiger partial charge in [-0.2, -0.15) is 20.2 Å². The number of ether oxygens (including phenoxy) is 2. The monoisotopic (exact) mass is 766 g/mol. The molecule has 56 heavy (non-hydrogen) atoms. The topological polar surface area (TPSA) is 219 Å². The zero-order valence-corrected chi connectivity index (χ0v) is 30.8. The van der Waals surface area contributed by atoms with Crippen LogP contribution in [0.3, 0.4) is 0 Å². The lowest BCUT2D eigenvalue weighted by atomic mass is 10.0. The second-order valence-electron chi connectivity index (χ2n) is 13.0. The molecule has 6 rings (SSSR count). The molecule has 1 unspecified atom stereocenters. The fraction of sp³-hybridized carbons (Fsp3) is 0.342. The zero-order chi connectivity index (χ0) is 39.3. The molecule has 3 heterocycles. The van der Waals surface area contributed by atoms with E-state index in [0.717, 1.165) is 11.1 Å². The number of benzene rings is 3. The van der Waals surface area contributed by atoms with Gasteiger partial charge in [0.25, 0.3) is 0 Å². The number of aromatic amines is 1. The number of nitrogens with zero attached hydrogens (tertiary/aromatic N) is 7. The Morgan fingerprint density at radius 3 is 2.50 bits per heavy atom. The van der Waals surface area contributed by atoms with Crippen molar-refractivity contribution in [2.24, 2.45) is 0 Å². The number of methoxy groups -OCH3 is 1. The molecule has 5 aromatic rings. The van der Waals surface area contributed by atoms with Crippen molar-refractivity contribution in [1.82, 2.24) is 40.0 Å². The number of fused-ring (bicyclic) bond motifs is 1. The number of carbonyl (C=O) groups is 2. The van der Waals surface area contributed by atoms with E-state index in [2.05, 4.69) is 57.2 Å². The van der Waals surface area contributed by atoms with Gasteiger partial charge in [0.2, 0.25) is 23.8 Å². The lowest BCUT2D eigenvalue weighted by Gasteiger charge is -2.33. The molecule has 1 aliphatic rings. The van der Waals surface area contributed by atoms with Crippen molar-refractivity contribution in [2.75, 3.05) is 75.6 Å². The molecule has 1 aliphatic heterocycles. The standard InChI is InChI=1S/C38H43FN12O5/c1-55-17-18-56-16-11-41-34(52)32(20-25-5-7-26(22-40)8-6-25)46-37-48-35(42-23-33-44-30-10-9-28(39)21-31(30)45-33)47-36(49-37)43-29-4-2-3-27(19-29)24-50-12-14-51(15-13-50)38(53)54/h2-10,19,21,32H,11-18,20,23-24H2,1H3,(H,41,52)(H,44,45)(H,53,54)(H3,42,43,46,47,48,49). The van der Waals surface area contributed by atoms with Crippen molar-refractivity contribution < 1.29 is 28.6 Å². The third kappa shape index (κ3) is 11.3. The van der Waals surface area contributed by atoms with Crippen molar-refractivity contribution in [2.45, 2.75) is 25.6 Å². The molecule has 0 radical (unpaired) electrons. The summed E-state index contributed by atoms with van der Waals surface area (Å²) in [7, 11) is 1.58. The number of carbonyl (C=O) groups excluding carboxylic acids is 1. The van der Waals surface area contributed by atoms with Crippen molar-refractivity contribution in [3.05, 3.63) is 95.1 Å². The Labute approximate surface area is 322 Å². The summed E-state index contributed by atoms with van der Waals surface area (Å²) in [5.74, 6) is 0.282. The Hall–Kier alpha value is -6.42. The first-order valence-corrected chi connectivity index (χ1v) is 18.0. The van der Waals surface area contributed by atoms with Crippen LogP contribution >= 0.6 is 0 Å². The summed E-state index contributed by atoms with van der Waals surface area (Å²) < 4.78 is 24.3. The maximum Gasteiger partial charge on any atom is 0.407 e. The van der Waals surface area contributed by atoms with E-state index in [1.165, 1.54) is 17.0 Å². The highest BCUT2D eigenvalue weighted by molar-refractivity contribution is 5.84. The normalized spacial score (nSPS) is 13.6. The Balaban J connectivity index is 1.22. The number of hydrogen-bond acceptors (Lipinski definition) is 13. The van der Waals surface area contributed by atoms with E-state index in [1.807, 2.05) is 24.3 Å². The number of anilines is 4. The van der Waals surface area contributed by atoms with E-state index < -0.39 is 18.0 Å². The number of H-pyrrole nitrogens is 1. The highest BCUT2D eigenvalue weighted by Crippen LogP contribution is 2.21. The van der Waals surface area contributed by atoms with Gasteiger partial charge in [0, 0.05) is 64.6 Å². The lowest BCUT2D eigenvalue weighted by molar-refractivity contribution is -0.122. The van der Waals surface area contributed by atoms with Gasteiger partial charge < -0.3 is 45.7 Å². The van der Waals surface area contributed by atoms with Crippen LogP contribution in [-0.2, 0) is 33.8 Å². The first kappa shape index (κ1) is 39.3. The predicted molar refractivity (Wildman–Crippen MR) is 206 cm³/mol. The van der Waals surface area contributed by atoms with Gasteiger partial charge in [0.15, 0.2) is 0 Å². The summed E-state index contributed by atoms with van der Waals surface area (Å²) in [6.45, 7) is 4.33. The molecular weight excluding hydrogens is 723 g/mol. The number of hydrogen-bond donors (Lipinski definition) is 6. The van der Waals surface area contributed by atoms with E-state index in [-0.39, 0.29) is 43.3 Å². The minimum Gasteiger partial charge on any atom is -0.465 e. The van der Waals surface area contributed by atoms with Gasteiger partial charge in [0.1, 0.15) is 17.7 Å². The molecule has 18 heteroatoms. The SMILES string of the molecule is COCCOCCNC(=O)C(Cc1ccc(C#N)cc1)Nc1nc(NCc2nc3cc(F)ccc3[nH]2)nc(Nc2cccc(CN3CCN(C(=O)O)CC3)c2)n1. The molecule has 2 amide bonds. The van der Waals surface area contributed by atoms with Crippen molar-refractivity contribution in [3.8, 4) is 6.07 Å². The molecule has 0 spiro atoms. The fourth-order valence-electron chi connectivity index (χ4n) is 6.02. The largest absolute Gasteiger partial charge is 0.465 e. The van der Waals surface area contributed by atoms with Gasteiger partial charge >= 0.3 is 6.09 Å². The van der Waals surface area contributed by atoms with Crippen molar-refractivity contribution >= 4 is 46.6 Å². The summed E-state index contributed by atoms with van der Waals surface area (Å²) >= 11 is 0. The summed E-state index contributed by atoms with van der Waals surface area (Å²) in [6, 6.07) is 20.3. The molecule has 1 fully saturated rings. The number of nitriles is 1. The highest BCUT2D eigenvalue weighted by Gasteiger charge is 2.22. The maximum absolute atomic E-state index is 13.8. The average Bonchev–Trinajstić information content (AvgIpc) is 3.61. The van der Waals surface area contributed by atoms with Gasteiger partial charge in [-0.3, -0.25) is 9.69 Å². The molecular formula is C38H43FN12O5. The molecule has 0 saturated carbocycles. The smallest absolute Gasteiger partial charge is 0.407 e. The van der Waals surface area contributed by atoms with Crippen LogP contribution in [0.2, 0.25) is 0 Å². The number of halogens is 1. The average molecular weight is 767 g/mol. The molecule has 0 bridgehead atoms. The Morgan fingerprint density at radius 2 is 1.73 bits per heavy atom. The highest BCUT2D eigenvalue weighted by atomic mass is 19.1. The van der Waals surface area contributed by atoms with Crippen LogP contribution in [-0.4, -0.2) is 118 Å². The number of nitrogens with one attached hydrogen (secondary N) is 5. The second-order valence-corrected chi connectivity index (χ2v) is 13.0. The summed E-state index contributed by atoms with van der Waals surface area (Å²) in [6.07, 6.45) is -0.661. The number of imidazole rings is 1. The lowest BCUT2D eigenvalue weighted by Crippen LogP contribution is -2.47. The molecule has 1 saturated heterocycles. The van der Waals surface area contributed by atoms with Crippen LogP contribution in [0.4, 0.5) is 32.7 Å². The third-order valence-electron chi connectivity index (χ3n) is 8.90. The van der Waals surface area contributed by atoms with E-state index in [9.17, 15) is 24.3 Å². The van der Waals surface area contributed by atoms with Gasteiger partial charge in [-0.25, -0.2) is 14.2 Å². The van der Waals surface area contributed by atoms with Crippen LogP contribution < -0.4 is 21.3 Å². The van der Waals surface area contributed by atoms with E-state index >= 15 is 0 Å². The van der Waals surface area contributed by atoms with E-state index in [1.54, 1.807) is 37.4 Å².